The Hall–Kier alpha value is -1.72. The van der Waals surface area contributed by atoms with Gasteiger partial charge in [0.1, 0.15) is 11.9 Å². The minimum atomic E-state index is -0.00858. The molecule has 1 aromatic heterocycles. The summed E-state index contributed by atoms with van der Waals surface area (Å²) in [5, 5.41) is 7.12. The van der Waals surface area contributed by atoms with Crippen molar-refractivity contribution in [1.82, 2.24) is 20.1 Å². The SMILES string of the molecule is Cc1nc([C@H]2CN(CC[C@@H](C)c3ccccc3)CCO2)n[nH]1. The first-order valence-corrected chi connectivity index (χ1v) is 8.00. The van der Waals surface area contributed by atoms with Crippen molar-refractivity contribution in [2.45, 2.75) is 32.3 Å². The number of morpholine rings is 1. The van der Waals surface area contributed by atoms with Crippen molar-refractivity contribution >= 4 is 0 Å². The molecule has 0 saturated carbocycles. The van der Waals surface area contributed by atoms with Crippen LogP contribution in [0.3, 0.4) is 0 Å². The summed E-state index contributed by atoms with van der Waals surface area (Å²) in [6.45, 7) is 7.90. The van der Waals surface area contributed by atoms with Crippen LogP contribution in [0, 0.1) is 6.92 Å². The summed E-state index contributed by atoms with van der Waals surface area (Å²) in [5.74, 6) is 2.19. The van der Waals surface area contributed by atoms with E-state index in [4.69, 9.17) is 4.74 Å². The molecule has 1 aliphatic rings. The number of rotatable bonds is 5. The van der Waals surface area contributed by atoms with E-state index in [9.17, 15) is 0 Å². The third kappa shape index (κ3) is 3.72. The number of ether oxygens (including phenoxy) is 1. The Morgan fingerprint density at radius 3 is 2.91 bits per heavy atom. The summed E-state index contributed by atoms with van der Waals surface area (Å²) in [5.41, 5.74) is 1.41. The van der Waals surface area contributed by atoms with Crippen molar-refractivity contribution < 1.29 is 4.74 Å². The molecule has 0 unspecified atom stereocenters. The molecule has 1 aliphatic heterocycles. The minimum absolute atomic E-state index is 0.00858. The van der Waals surface area contributed by atoms with Crippen LogP contribution in [0.1, 0.15) is 42.6 Å². The zero-order valence-corrected chi connectivity index (χ0v) is 13.3. The molecule has 0 bridgehead atoms. The van der Waals surface area contributed by atoms with Crippen LogP contribution in [-0.2, 0) is 4.74 Å². The highest BCUT2D eigenvalue weighted by Gasteiger charge is 2.25. The van der Waals surface area contributed by atoms with Crippen LogP contribution in [-0.4, -0.2) is 46.3 Å². The standard InChI is InChI=1S/C17H24N4O/c1-13(15-6-4-3-5-7-15)8-9-21-10-11-22-16(12-21)17-18-14(2)19-20-17/h3-7,13,16H,8-12H2,1-2H3,(H,18,19,20)/t13-,16-/m1/s1. The topological polar surface area (TPSA) is 54.0 Å². The number of nitrogens with zero attached hydrogens (tertiary/aromatic N) is 3. The first kappa shape index (κ1) is 15.2. The molecule has 3 rings (SSSR count). The van der Waals surface area contributed by atoms with Crippen LogP contribution in [0.15, 0.2) is 30.3 Å². The van der Waals surface area contributed by atoms with E-state index in [1.54, 1.807) is 0 Å². The molecule has 118 valence electrons. The second-order valence-electron chi connectivity index (χ2n) is 6.04. The highest BCUT2D eigenvalue weighted by Crippen LogP contribution is 2.22. The average Bonchev–Trinajstić information content (AvgIpc) is 3.00. The maximum Gasteiger partial charge on any atom is 0.180 e. The number of hydrogen-bond acceptors (Lipinski definition) is 4. The van der Waals surface area contributed by atoms with E-state index in [2.05, 4.69) is 57.3 Å². The Labute approximate surface area is 131 Å². The van der Waals surface area contributed by atoms with E-state index in [0.29, 0.717) is 5.92 Å². The number of aromatic amines is 1. The van der Waals surface area contributed by atoms with Crippen molar-refractivity contribution in [3.8, 4) is 0 Å². The number of aryl methyl sites for hydroxylation is 1. The van der Waals surface area contributed by atoms with Crippen molar-refractivity contribution in [1.29, 1.82) is 0 Å². The van der Waals surface area contributed by atoms with Gasteiger partial charge < -0.3 is 4.74 Å². The maximum atomic E-state index is 5.81. The molecule has 0 amide bonds. The van der Waals surface area contributed by atoms with E-state index in [0.717, 1.165) is 44.3 Å². The lowest BCUT2D eigenvalue weighted by Crippen LogP contribution is -2.39. The molecule has 5 nitrogen and oxygen atoms in total. The molecular weight excluding hydrogens is 276 g/mol. The molecule has 1 saturated heterocycles. The number of nitrogens with one attached hydrogen (secondary N) is 1. The second-order valence-corrected chi connectivity index (χ2v) is 6.04. The van der Waals surface area contributed by atoms with Crippen LogP contribution in [0.4, 0.5) is 0 Å². The summed E-state index contributed by atoms with van der Waals surface area (Å²) in [6.07, 6.45) is 1.15. The minimum Gasteiger partial charge on any atom is -0.367 e. The molecule has 22 heavy (non-hydrogen) atoms. The van der Waals surface area contributed by atoms with E-state index >= 15 is 0 Å². The van der Waals surface area contributed by atoms with Gasteiger partial charge in [0.15, 0.2) is 5.82 Å². The van der Waals surface area contributed by atoms with Gasteiger partial charge in [0.05, 0.1) is 6.61 Å². The molecule has 0 spiro atoms. The zero-order valence-electron chi connectivity index (χ0n) is 13.3. The van der Waals surface area contributed by atoms with Gasteiger partial charge in [-0.2, -0.15) is 5.10 Å². The average molecular weight is 300 g/mol. The van der Waals surface area contributed by atoms with Gasteiger partial charge in [-0.1, -0.05) is 37.3 Å². The Morgan fingerprint density at radius 1 is 1.36 bits per heavy atom. The highest BCUT2D eigenvalue weighted by molar-refractivity contribution is 5.18. The summed E-state index contributed by atoms with van der Waals surface area (Å²) in [6, 6.07) is 10.7. The fourth-order valence-electron chi connectivity index (χ4n) is 2.89. The first-order valence-electron chi connectivity index (χ1n) is 8.00. The van der Waals surface area contributed by atoms with Crippen LogP contribution < -0.4 is 0 Å². The molecule has 2 aromatic rings. The van der Waals surface area contributed by atoms with Crippen LogP contribution in [0.25, 0.3) is 0 Å². The quantitative estimate of drug-likeness (QED) is 0.922. The number of aromatic nitrogens is 3. The predicted molar refractivity (Wildman–Crippen MR) is 85.7 cm³/mol. The van der Waals surface area contributed by atoms with Crippen LogP contribution in [0.2, 0.25) is 0 Å². The normalized spacial score (nSPS) is 20.9. The molecule has 2 atom stereocenters. The van der Waals surface area contributed by atoms with E-state index in [1.807, 2.05) is 6.92 Å². The highest BCUT2D eigenvalue weighted by atomic mass is 16.5. The van der Waals surface area contributed by atoms with Gasteiger partial charge in [0.2, 0.25) is 0 Å². The largest absolute Gasteiger partial charge is 0.367 e. The monoisotopic (exact) mass is 300 g/mol. The zero-order chi connectivity index (χ0) is 15.4. The fourth-order valence-corrected chi connectivity index (χ4v) is 2.89. The second kappa shape index (κ2) is 7.03. The Morgan fingerprint density at radius 2 is 2.18 bits per heavy atom. The molecular formula is C17H24N4O. The fraction of sp³-hybridized carbons (Fsp3) is 0.529. The van der Waals surface area contributed by atoms with E-state index < -0.39 is 0 Å². The Kier molecular flexibility index (Phi) is 4.85. The van der Waals surface area contributed by atoms with Crippen molar-refractivity contribution in [3.05, 3.63) is 47.5 Å². The predicted octanol–water partition coefficient (Wildman–Crippen LogP) is 2.68. The molecule has 2 heterocycles. The third-order valence-electron chi connectivity index (χ3n) is 4.30. The third-order valence-corrected chi connectivity index (χ3v) is 4.30. The van der Waals surface area contributed by atoms with Gasteiger partial charge in [0.25, 0.3) is 0 Å². The lowest BCUT2D eigenvalue weighted by atomic mass is 9.97. The van der Waals surface area contributed by atoms with Gasteiger partial charge in [0, 0.05) is 13.1 Å². The first-order chi connectivity index (χ1) is 10.7. The van der Waals surface area contributed by atoms with E-state index in [1.165, 1.54) is 5.56 Å². The summed E-state index contributed by atoms with van der Waals surface area (Å²) in [4.78, 5) is 6.85. The summed E-state index contributed by atoms with van der Waals surface area (Å²) < 4.78 is 5.81. The molecule has 1 N–H and O–H groups in total. The van der Waals surface area contributed by atoms with Gasteiger partial charge >= 0.3 is 0 Å². The summed E-state index contributed by atoms with van der Waals surface area (Å²) in [7, 11) is 0. The molecule has 1 fully saturated rings. The van der Waals surface area contributed by atoms with Crippen molar-refractivity contribution in [2.24, 2.45) is 0 Å². The molecule has 5 heteroatoms. The lowest BCUT2D eigenvalue weighted by molar-refractivity contribution is -0.0348. The number of benzene rings is 1. The molecule has 0 radical (unpaired) electrons. The lowest BCUT2D eigenvalue weighted by Gasteiger charge is -2.32. The van der Waals surface area contributed by atoms with Gasteiger partial charge in [-0.05, 0) is 31.4 Å². The smallest absolute Gasteiger partial charge is 0.180 e. The number of hydrogen-bond donors (Lipinski definition) is 1. The molecule has 1 aromatic carbocycles. The summed E-state index contributed by atoms with van der Waals surface area (Å²) >= 11 is 0. The van der Waals surface area contributed by atoms with Crippen molar-refractivity contribution in [2.75, 3.05) is 26.2 Å². The van der Waals surface area contributed by atoms with Gasteiger partial charge in [-0.3, -0.25) is 10.00 Å². The van der Waals surface area contributed by atoms with Crippen LogP contribution >= 0.6 is 0 Å². The Balaban J connectivity index is 1.52. The van der Waals surface area contributed by atoms with Crippen molar-refractivity contribution in [3.63, 3.8) is 0 Å². The number of H-pyrrole nitrogens is 1. The van der Waals surface area contributed by atoms with Gasteiger partial charge in [-0.15, -0.1) is 0 Å². The molecule has 0 aliphatic carbocycles. The van der Waals surface area contributed by atoms with Crippen LogP contribution in [0.5, 0.6) is 0 Å². The Bertz CT molecular complexity index is 583. The van der Waals surface area contributed by atoms with E-state index in [-0.39, 0.29) is 6.10 Å². The maximum absolute atomic E-state index is 5.81. The van der Waals surface area contributed by atoms with Gasteiger partial charge in [-0.25, -0.2) is 4.98 Å².